The SMILES string of the molecule is COc1ccc(CN2CCC3(CCN(C[C@H]4CN(C(=O)c5ccccc5Cl)C[C@@H]4c4ccccc4)CC3)C2=O)cc1. The van der Waals surface area contributed by atoms with Gasteiger partial charge in [0.15, 0.2) is 0 Å². The number of amides is 2. The number of rotatable bonds is 7. The predicted molar refractivity (Wildman–Crippen MR) is 161 cm³/mol. The third-order valence-electron chi connectivity index (χ3n) is 9.50. The zero-order valence-electron chi connectivity index (χ0n) is 23.7. The third kappa shape index (κ3) is 5.73. The van der Waals surface area contributed by atoms with Gasteiger partial charge in [-0.3, -0.25) is 9.59 Å². The Balaban J connectivity index is 1.10. The van der Waals surface area contributed by atoms with E-state index in [2.05, 4.69) is 29.2 Å². The van der Waals surface area contributed by atoms with Gasteiger partial charge in [-0.15, -0.1) is 0 Å². The molecule has 0 unspecified atom stereocenters. The summed E-state index contributed by atoms with van der Waals surface area (Å²) in [5.74, 6) is 1.74. The van der Waals surface area contributed by atoms with E-state index in [1.54, 1.807) is 13.2 Å². The molecule has 0 aliphatic carbocycles. The average Bonchev–Trinajstić information content (AvgIpc) is 3.56. The quantitative estimate of drug-likeness (QED) is 0.364. The fourth-order valence-corrected chi connectivity index (χ4v) is 7.28. The number of hydrogen-bond acceptors (Lipinski definition) is 4. The molecule has 7 heteroatoms. The van der Waals surface area contributed by atoms with Gasteiger partial charge >= 0.3 is 0 Å². The minimum Gasteiger partial charge on any atom is -0.497 e. The Bertz CT molecular complexity index is 1370. The number of carbonyl (C=O) groups is 2. The van der Waals surface area contributed by atoms with Crippen LogP contribution in [0.4, 0.5) is 0 Å². The molecule has 0 radical (unpaired) electrons. The fourth-order valence-electron chi connectivity index (χ4n) is 7.06. The van der Waals surface area contributed by atoms with Crippen molar-refractivity contribution in [1.29, 1.82) is 0 Å². The first-order valence-electron chi connectivity index (χ1n) is 14.7. The van der Waals surface area contributed by atoms with Gasteiger partial charge < -0.3 is 19.4 Å². The van der Waals surface area contributed by atoms with E-state index in [0.717, 1.165) is 56.8 Å². The number of hydrogen-bond donors (Lipinski definition) is 0. The van der Waals surface area contributed by atoms with Crippen molar-refractivity contribution in [2.75, 3.05) is 46.4 Å². The smallest absolute Gasteiger partial charge is 0.255 e. The monoisotopic (exact) mass is 571 g/mol. The van der Waals surface area contributed by atoms with Gasteiger partial charge in [0.05, 0.1) is 23.1 Å². The highest BCUT2D eigenvalue weighted by Gasteiger charge is 2.48. The van der Waals surface area contributed by atoms with E-state index < -0.39 is 0 Å². The average molecular weight is 572 g/mol. The van der Waals surface area contributed by atoms with E-state index in [9.17, 15) is 9.59 Å². The van der Waals surface area contributed by atoms with E-state index in [1.165, 1.54) is 5.56 Å². The maximum atomic E-state index is 13.6. The Labute approximate surface area is 247 Å². The van der Waals surface area contributed by atoms with Gasteiger partial charge in [0.1, 0.15) is 5.75 Å². The molecule has 2 atom stereocenters. The number of nitrogens with zero attached hydrogens (tertiary/aromatic N) is 3. The molecule has 214 valence electrons. The zero-order valence-corrected chi connectivity index (χ0v) is 24.4. The summed E-state index contributed by atoms with van der Waals surface area (Å²) in [5, 5.41) is 0.501. The molecule has 2 amide bonds. The normalized spacial score (nSPS) is 22.4. The molecule has 0 bridgehead atoms. The number of benzene rings is 3. The van der Waals surface area contributed by atoms with Crippen LogP contribution >= 0.6 is 11.6 Å². The van der Waals surface area contributed by atoms with Gasteiger partial charge in [0, 0.05) is 38.6 Å². The maximum absolute atomic E-state index is 13.6. The van der Waals surface area contributed by atoms with Crippen molar-refractivity contribution in [3.63, 3.8) is 0 Å². The van der Waals surface area contributed by atoms with Crippen LogP contribution < -0.4 is 4.74 Å². The molecule has 6 nitrogen and oxygen atoms in total. The molecular weight excluding hydrogens is 534 g/mol. The highest BCUT2D eigenvalue weighted by molar-refractivity contribution is 6.33. The van der Waals surface area contributed by atoms with Crippen molar-refractivity contribution in [3.05, 3.63) is 101 Å². The number of methoxy groups -OCH3 is 1. The van der Waals surface area contributed by atoms with Crippen LogP contribution in [0.2, 0.25) is 5.02 Å². The van der Waals surface area contributed by atoms with Crippen molar-refractivity contribution in [2.24, 2.45) is 11.3 Å². The Kier molecular flexibility index (Phi) is 8.05. The molecule has 0 saturated carbocycles. The van der Waals surface area contributed by atoms with E-state index in [4.69, 9.17) is 16.3 Å². The molecule has 3 aromatic carbocycles. The first-order valence-corrected chi connectivity index (χ1v) is 15.1. The molecule has 0 N–H and O–H groups in total. The molecular formula is C34H38ClN3O3. The lowest BCUT2D eigenvalue weighted by Gasteiger charge is -2.39. The molecule has 1 spiro atoms. The molecule has 6 rings (SSSR count). The van der Waals surface area contributed by atoms with Crippen LogP contribution in [0.15, 0.2) is 78.9 Å². The summed E-state index contributed by atoms with van der Waals surface area (Å²) in [6, 6.07) is 25.9. The maximum Gasteiger partial charge on any atom is 0.255 e. The topological polar surface area (TPSA) is 53.1 Å². The predicted octanol–water partition coefficient (Wildman–Crippen LogP) is 5.72. The molecule has 0 aromatic heterocycles. The first-order chi connectivity index (χ1) is 20.0. The highest BCUT2D eigenvalue weighted by Crippen LogP contribution is 2.43. The fraction of sp³-hybridized carbons (Fsp3) is 0.412. The summed E-state index contributed by atoms with van der Waals surface area (Å²) in [7, 11) is 1.67. The third-order valence-corrected chi connectivity index (χ3v) is 9.83. The Morgan fingerprint density at radius 1 is 0.902 bits per heavy atom. The van der Waals surface area contributed by atoms with E-state index in [-0.39, 0.29) is 17.2 Å². The summed E-state index contributed by atoms with van der Waals surface area (Å²) in [5.41, 5.74) is 2.75. The first kappa shape index (κ1) is 27.8. The van der Waals surface area contributed by atoms with Crippen LogP contribution in [-0.4, -0.2) is 72.9 Å². The molecule has 41 heavy (non-hydrogen) atoms. The lowest BCUT2D eigenvalue weighted by Crippen LogP contribution is -2.46. The highest BCUT2D eigenvalue weighted by atomic mass is 35.5. The largest absolute Gasteiger partial charge is 0.497 e. The molecule has 3 heterocycles. The molecule has 3 fully saturated rings. The second kappa shape index (κ2) is 11.9. The van der Waals surface area contributed by atoms with Gasteiger partial charge in [-0.25, -0.2) is 0 Å². The summed E-state index contributed by atoms with van der Waals surface area (Å²) < 4.78 is 5.27. The summed E-state index contributed by atoms with van der Waals surface area (Å²) in [4.78, 5) is 33.6. The summed E-state index contributed by atoms with van der Waals surface area (Å²) in [6.45, 7) is 5.63. The number of carbonyl (C=O) groups excluding carboxylic acids is 2. The van der Waals surface area contributed by atoms with Crippen LogP contribution in [0, 0.1) is 11.3 Å². The molecule has 3 saturated heterocycles. The minimum atomic E-state index is -0.233. The van der Waals surface area contributed by atoms with Gasteiger partial charge in [-0.2, -0.15) is 0 Å². The lowest BCUT2D eigenvalue weighted by atomic mass is 9.76. The van der Waals surface area contributed by atoms with E-state index in [0.29, 0.717) is 42.0 Å². The molecule has 3 aliphatic heterocycles. The van der Waals surface area contributed by atoms with Crippen molar-refractivity contribution >= 4 is 23.4 Å². The van der Waals surface area contributed by atoms with Crippen molar-refractivity contribution in [2.45, 2.75) is 31.7 Å². The van der Waals surface area contributed by atoms with E-state index >= 15 is 0 Å². The van der Waals surface area contributed by atoms with Crippen molar-refractivity contribution < 1.29 is 14.3 Å². The van der Waals surface area contributed by atoms with Crippen LogP contribution in [0.1, 0.15) is 46.7 Å². The standard InChI is InChI=1S/C34H38ClN3O3/c1-41-28-13-11-25(12-14-28)21-37-20-17-34(33(37)40)15-18-36(19-16-34)22-27-23-38(24-30(27)26-7-3-2-4-8-26)32(39)29-9-5-6-10-31(29)35/h2-14,27,30H,15-24H2,1H3/t27-,30+/m0/s1. The van der Waals surface area contributed by atoms with Crippen LogP contribution in [-0.2, 0) is 11.3 Å². The van der Waals surface area contributed by atoms with Crippen molar-refractivity contribution in [3.8, 4) is 5.75 Å². The lowest BCUT2D eigenvalue weighted by molar-refractivity contribution is -0.139. The Morgan fingerprint density at radius 3 is 2.29 bits per heavy atom. The Morgan fingerprint density at radius 2 is 1.59 bits per heavy atom. The second-order valence-electron chi connectivity index (χ2n) is 11.9. The van der Waals surface area contributed by atoms with Crippen LogP contribution in [0.3, 0.4) is 0 Å². The number of ether oxygens (including phenoxy) is 1. The number of piperidine rings is 1. The Hall–Kier alpha value is -3.35. The summed E-state index contributed by atoms with van der Waals surface area (Å²) in [6.07, 6.45) is 2.73. The minimum absolute atomic E-state index is 0.00475. The van der Waals surface area contributed by atoms with Crippen LogP contribution in [0.25, 0.3) is 0 Å². The van der Waals surface area contributed by atoms with Gasteiger partial charge in [-0.1, -0.05) is 66.2 Å². The van der Waals surface area contributed by atoms with Crippen LogP contribution in [0.5, 0.6) is 5.75 Å². The van der Waals surface area contributed by atoms with E-state index in [1.807, 2.05) is 58.3 Å². The van der Waals surface area contributed by atoms with Crippen molar-refractivity contribution in [1.82, 2.24) is 14.7 Å². The van der Waals surface area contributed by atoms with Gasteiger partial charge in [-0.05, 0) is 73.7 Å². The number of halogens is 1. The second-order valence-corrected chi connectivity index (χ2v) is 12.3. The number of likely N-dealkylation sites (tertiary alicyclic amines) is 3. The van der Waals surface area contributed by atoms with Gasteiger partial charge in [0.25, 0.3) is 5.91 Å². The summed E-state index contributed by atoms with van der Waals surface area (Å²) >= 11 is 6.39. The molecule has 3 aliphatic rings. The zero-order chi connectivity index (χ0) is 28.4. The van der Waals surface area contributed by atoms with Gasteiger partial charge in [0.2, 0.25) is 5.91 Å². The molecule has 3 aromatic rings.